The van der Waals surface area contributed by atoms with Crippen LogP contribution in [0, 0.1) is 5.92 Å². The standard InChI is InChI=1S/C10H21O4P/c1-4-6-7-9(5-2)10(11)13-8(3)14-15-12/h8-9H,4-7,15H2,1-3H3. The summed E-state index contributed by atoms with van der Waals surface area (Å²) in [5.41, 5.74) is 0. The molecule has 0 amide bonds. The molecule has 0 aromatic heterocycles. The van der Waals surface area contributed by atoms with Crippen molar-refractivity contribution in [2.45, 2.75) is 52.7 Å². The number of unbranched alkanes of at least 4 members (excludes halogenated alkanes) is 1. The van der Waals surface area contributed by atoms with Crippen molar-refractivity contribution >= 4 is 14.7 Å². The van der Waals surface area contributed by atoms with Gasteiger partial charge in [-0.25, -0.2) is 0 Å². The van der Waals surface area contributed by atoms with Gasteiger partial charge in [-0.2, -0.15) is 0 Å². The Hall–Kier alpha value is -0.340. The van der Waals surface area contributed by atoms with E-state index in [1.807, 2.05) is 6.92 Å². The molecule has 0 fully saturated rings. The highest BCUT2D eigenvalue weighted by atomic mass is 31.1. The molecule has 0 saturated carbocycles. The molecule has 15 heavy (non-hydrogen) atoms. The van der Waals surface area contributed by atoms with E-state index >= 15 is 0 Å². The van der Waals surface area contributed by atoms with Crippen LogP contribution >= 0.6 is 8.69 Å². The zero-order valence-corrected chi connectivity index (χ0v) is 10.8. The first-order chi connectivity index (χ1) is 7.15. The first-order valence-electron chi connectivity index (χ1n) is 5.45. The molecule has 0 aliphatic rings. The molecule has 0 bridgehead atoms. The Morgan fingerprint density at radius 1 is 1.40 bits per heavy atom. The molecule has 0 aromatic carbocycles. The van der Waals surface area contributed by atoms with Crippen LogP contribution < -0.4 is 0 Å². The zero-order chi connectivity index (χ0) is 11.7. The molecule has 90 valence electrons. The van der Waals surface area contributed by atoms with Crippen LogP contribution in [0.1, 0.15) is 46.5 Å². The Morgan fingerprint density at radius 2 is 2.07 bits per heavy atom. The van der Waals surface area contributed by atoms with E-state index in [4.69, 9.17) is 9.26 Å². The first kappa shape index (κ1) is 14.7. The summed E-state index contributed by atoms with van der Waals surface area (Å²) in [7, 11) is -1.32. The highest BCUT2D eigenvalue weighted by Gasteiger charge is 2.19. The van der Waals surface area contributed by atoms with Crippen molar-refractivity contribution < 1.29 is 18.6 Å². The van der Waals surface area contributed by atoms with Gasteiger partial charge in [0.1, 0.15) is 0 Å². The number of ether oxygens (including phenoxy) is 1. The first-order valence-corrected chi connectivity index (χ1v) is 6.39. The van der Waals surface area contributed by atoms with E-state index in [0.717, 1.165) is 25.7 Å². The van der Waals surface area contributed by atoms with Gasteiger partial charge in [-0.1, -0.05) is 26.7 Å². The fourth-order valence-corrected chi connectivity index (χ4v) is 1.52. The predicted molar refractivity (Wildman–Crippen MR) is 60.3 cm³/mol. The molecule has 0 N–H and O–H groups in total. The molecule has 3 atom stereocenters. The van der Waals surface area contributed by atoms with Gasteiger partial charge in [-0.3, -0.25) is 13.9 Å². The highest BCUT2D eigenvalue weighted by Crippen LogP contribution is 2.16. The topological polar surface area (TPSA) is 52.6 Å². The lowest BCUT2D eigenvalue weighted by molar-refractivity contribution is -0.165. The van der Waals surface area contributed by atoms with E-state index in [0.29, 0.717) is 0 Å². The van der Waals surface area contributed by atoms with E-state index in [1.165, 1.54) is 0 Å². The van der Waals surface area contributed by atoms with Crippen LogP contribution in [0.4, 0.5) is 0 Å². The maximum atomic E-state index is 11.6. The Morgan fingerprint density at radius 3 is 2.53 bits per heavy atom. The second-order valence-electron chi connectivity index (χ2n) is 3.48. The van der Waals surface area contributed by atoms with Gasteiger partial charge in [0.2, 0.25) is 6.29 Å². The minimum absolute atomic E-state index is 0.0577. The molecule has 0 aliphatic heterocycles. The molecule has 3 unspecified atom stereocenters. The lowest BCUT2D eigenvalue weighted by atomic mass is 10.00. The van der Waals surface area contributed by atoms with E-state index in [9.17, 15) is 9.36 Å². The average molecular weight is 236 g/mol. The van der Waals surface area contributed by atoms with Crippen molar-refractivity contribution in [3.63, 3.8) is 0 Å². The Labute approximate surface area is 92.6 Å². The van der Waals surface area contributed by atoms with Gasteiger partial charge in [0.05, 0.1) is 5.92 Å². The molecule has 0 aromatic rings. The third-order valence-electron chi connectivity index (χ3n) is 2.26. The van der Waals surface area contributed by atoms with Crippen LogP contribution in [-0.2, 0) is 18.6 Å². The van der Waals surface area contributed by atoms with Gasteiger partial charge in [0, 0.05) is 0 Å². The molecule has 0 aliphatic carbocycles. The number of rotatable bonds is 8. The maximum Gasteiger partial charge on any atom is 0.311 e. The lowest BCUT2D eigenvalue weighted by Gasteiger charge is -2.16. The minimum atomic E-state index is -1.32. The molecular weight excluding hydrogens is 215 g/mol. The van der Waals surface area contributed by atoms with Crippen LogP contribution in [0.2, 0.25) is 0 Å². The molecule has 0 spiro atoms. The van der Waals surface area contributed by atoms with E-state index < -0.39 is 15.0 Å². The van der Waals surface area contributed by atoms with Crippen LogP contribution in [0.25, 0.3) is 0 Å². The number of carbonyl (C=O) groups is 1. The third-order valence-corrected chi connectivity index (χ3v) is 2.76. The number of hydrogen-bond acceptors (Lipinski definition) is 4. The molecule has 4 nitrogen and oxygen atoms in total. The summed E-state index contributed by atoms with van der Waals surface area (Å²) >= 11 is 0. The normalized spacial score (nSPS) is 15.4. The SMILES string of the molecule is CCCCC(CC)C(=O)OC(C)O[PH2]=O. The van der Waals surface area contributed by atoms with Gasteiger partial charge >= 0.3 is 5.97 Å². The second kappa shape index (κ2) is 8.93. The molecule has 0 radical (unpaired) electrons. The van der Waals surface area contributed by atoms with Crippen molar-refractivity contribution in [2.24, 2.45) is 5.92 Å². The van der Waals surface area contributed by atoms with Crippen LogP contribution in [0.15, 0.2) is 0 Å². The van der Waals surface area contributed by atoms with Crippen LogP contribution in [0.3, 0.4) is 0 Å². The van der Waals surface area contributed by atoms with E-state index in [1.54, 1.807) is 6.92 Å². The number of hydrogen-bond donors (Lipinski definition) is 0. The van der Waals surface area contributed by atoms with Crippen molar-refractivity contribution in [3.8, 4) is 0 Å². The molecule has 0 rings (SSSR count). The number of esters is 1. The average Bonchev–Trinajstić information content (AvgIpc) is 2.19. The summed E-state index contributed by atoms with van der Waals surface area (Å²) in [4.78, 5) is 11.6. The predicted octanol–water partition coefficient (Wildman–Crippen LogP) is 2.78. The van der Waals surface area contributed by atoms with E-state index in [2.05, 4.69) is 6.92 Å². The lowest BCUT2D eigenvalue weighted by Crippen LogP contribution is -2.22. The highest BCUT2D eigenvalue weighted by molar-refractivity contribution is 7.17. The Balaban J connectivity index is 3.96. The third kappa shape index (κ3) is 6.69. The van der Waals surface area contributed by atoms with Crippen molar-refractivity contribution in [3.05, 3.63) is 0 Å². The van der Waals surface area contributed by atoms with E-state index in [-0.39, 0.29) is 11.9 Å². The zero-order valence-electron chi connectivity index (χ0n) is 9.69. The number of carbonyl (C=O) groups excluding carboxylic acids is 1. The molecular formula is C10H21O4P. The molecule has 5 heteroatoms. The summed E-state index contributed by atoms with van der Waals surface area (Å²) in [6.45, 7) is 5.63. The van der Waals surface area contributed by atoms with Gasteiger partial charge in [-0.15, -0.1) is 0 Å². The van der Waals surface area contributed by atoms with Gasteiger partial charge in [0.25, 0.3) is 0 Å². The Kier molecular flexibility index (Phi) is 8.73. The summed E-state index contributed by atoms with van der Waals surface area (Å²) in [5, 5.41) is 0. The summed E-state index contributed by atoms with van der Waals surface area (Å²) < 4.78 is 19.9. The van der Waals surface area contributed by atoms with Crippen molar-refractivity contribution in [2.75, 3.05) is 0 Å². The van der Waals surface area contributed by atoms with Crippen LogP contribution in [-0.4, -0.2) is 12.3 Å². The Bertz CT molecular complexity index is 196. The molecule has 0 heterocycles. The smallest absolute Gasteiger partial charge is 0.311 e. The minimum Gasteiger partial charge on any atom is -0.435 e. The summed E-state index contributed by atoms with van der Waals surface area (Å²) in [6.07, 6.45) is 3.02. The van der Waals surface area contributed by atoms with Crippen molar-refractivity contribution in [1.29, 1.82) is 0 Å². The summed E-state index contributed by atoms with van der Waals surface area (Å²) in [6, 6.07) is 0. The fourth-order valence-electron chi connectivity index (χ4n) is 1.30. The fraction of sp³-hybridized carbons (Fsp3) is 0.900. The van der Waals surface area contributed by atoms with Gasteiger partial charge in [0.15, 0.2) is 8.69 Å². The summed E-state index contributed by atoms with van der Waals surface area (Å²) in [5.74, 6) is -0.302. The molecule has 0 saturated heterocycles. The largest absolute Gasteiger partial charge is 0.435 e. The van der Waals surface area contributed by atoms with Gasteiger partial charge in [-0.05, 0) is 19.8 Å². The monoisotopic (exact) mass is 236 g/mol. The second-order valence-corrected chi connectivity index (χ2v) is 3.95. The quantitative estimate of drug-likeness (QED) is 0.369. The van der Waals surface area contributed by atoms with Crippen molar-refractivity contribution in [1.82, 2.24) is 0 Å². The van der Waals surface area contributed by atoms with Crippen LogP contribution in [0.5, 0.6) is 0 Å². The van der Waals surface area contributed by atoms with Gasteiger partial charge < -0.3 is 4.74 Å². The maximum absolute atomic E-state index is 11.6.